The lowest BCUT2D eigenvalue weighted by Gasteiger charge is -2.08. The molecule has 0 aliphatic rings. The summed E-state index contributed by atoms with van der Waals surface area (Å²) < 4.78 is 4.75. The zero-order valence-electron chi connectivity index (χ0n) is 8.58. The molecular formula is C10H20O3. The van der Waals surface area contributed by atoms with Gasteiger partial charge in [0, 0.05) is 6.42 Å². The van der Waals surface area contributed by atoms with Gasteiger partial charge in [-0.25, -0.2) is 0 Å². The van der Waals surface area contributed by atoms with Gasteiger partial charge in [0.25, 0.3) is 0 Å². The first-order chi connectivity index (χ1) is 6.20. The van der Waals surface area contributed by atoms with Gasteiger partial charge in [0.2, 0.25) is 0 Å². The highest BCUT2D eigenvalue weighted by atomic mass is 16.5. The fraction of sp³-hybridized carbons (Fsp3) is 0.900. The third kappa shape index (κ3) is 7.78. The van der Waals surface area contributed by atoms with Gasteiger partial charge in [-0.2, -0.15) is 0 Å². The highest BCUT2D eigenvalue weighted by Crippen LogP contribution is 2.06. The minimum atomic E-state index is -0.343. The van der Waals surface area contributed by atoms with Crippen molar-refractivity contribution in [2.75, 3.05) is 6.61 Å². The first-order valence-electron chi connectivity index (χ1n) is 5.04. The average molecular weight is 188 g/mol. The van der Waals surface area contributed by atoms with Crippen molar-refractivity contribution in [1.29, 1.82) is 0 Å². The summed E-state index contributed by atoms with van der Waals surface area (Å²) in [6.07, 6.45) is 3.40. The van der Waals surface area contributed by atoms with Crippen molar-refractivity contribution in [2.24, 2.45) is 0 Å². The molecule has 0 rings (SSSR count). The Hall–Kier alpha value is -0.570. The van der Waals surface area contributed by atoms with E-state index in [-0.39, 0.29) is 12.1 Å². The summed E-state index contributed by atoms with van der Waals surface area (Å²) in [5.74, 6) is -0.210. The maximum atomic E-state index is 10.9. The van der Waals surface area contributed by atoms with Crippen molar-refractivity contribution < 1.29 is 14.6 Å². The number of ether oxygens (including phenoxy) is 1. The van der Waals surface area contributed by atoms with Crippen molar-refractivity contribution in [3.63, 3.8) is 0 Å². The second kappa shape index (κ2) is 8.05. The second-order valence-corrected chi connectivity index (χ2v) is 3.14. The van der Waals surface area contributed by atoms with Gasteiger partial charge < -0.3 is 9.84 Å². The monoisotopic (exact) mass is 188 g/mol. The summed E-state index contributed by atoms with van der Waals surface area (Å²) in [6, 6.07) is 0. The van der Waals surface area contributed by atoms with Crippen LogP contribution in [0.15, 0.2) is 0 Å². The van der Waals surface area contributed by atoms with E-state index < -0.39 is 0 Å². The molecule has 78 valence electrons. The molecule has 0 spiro atoms. The molecule has 1 atom stereocenters. The zero-order chi connectivity index (χ0) is 10.1. The Balaban J connectivity index is 3.34. The normalized spacial score (nSPS) is 12.5. The maximum Gasteiger partial charge on any atom is 0.305 e. The van der Waals surface area contributed by atoms with Gasteiger partial charge in [0.05, 0.1) is 12.7 Å². The number of carbonyl (C=O) groups excluding carboxylic acids is 1. The summed E-state index contributed by atoms with van der Waals surface area (Å²) in [5.41, 5.74) is 0. The molecule has 0 fully saturated rings. The molecule has 0 heterocycles. The maximum absolute atomic E-state index is 10.9. The fourth-order valence-corrected chi connectivity index (χ4v) is 1.10. The van der Waals surface area contributed by atoms with Gasteiger partial charge in [-0.3, -0.25) is 4.79 Å². The Kier molecular flexibility index (Phi) is 7.69. The molecule has 0 amide bonds. The molecule has 0 aromatic carbocycles. The third-order valence-corrected chi connectivity index (χ3v) is 1.88. The summed E-state index contributed by atoms with van der Waals surface area (Å²) >= 11 is 0. The molecule has 3 heteroatoms. The molecule has 0 aromatic heterocycles. The molecule has 13 heavy (non-hydrogen) atoms. The zero-order valence-corrected chi connectivity index (χ0v) is 8.58. The van der Waals surface area contributed by atoms with Gasteiger partial charge in [-0.1, -0.05) is 19.8 Å². The molecule has 0 aliphatic heterocycles. The average Bonchev–Trinajstić information content (AvgIpc) is 2.12. The standard InChI is InChI=1S/C10H20O3/c1-3-5-6-9(11)7-8-10(12)13-4-2/h9,11H,3-8H2,1-2H3/t9-/m0/s1. The minimum Gasteiger partial charge on any atom is -0.466 e. The molecule has 0 aliphatic carbocycles. The van der Waals surface area contributed by atoms with Crippen LogP contribution in [-0.4, -0.2) is 23.8 Å². The van der Waals surface area contributed by atoms with Crippen molar-refractivity contribution in [3.8, 4) is 0 Å². The van der Waals surface area contributed by atoms with Crippen LogP contribution >= 0.6 is 0 Å². The Labute approximate surface area is 80.1 Å². The molecule has 0 unspecified atom stereocenters. The lowest BCUT2D eigenvalue weighted by atomic mass is 10.1. The second-order valence-electron chi connectivity index (χ2n) is 3.14. The number of esters is 1. The van der Waals surface area contributed by atoms with E-state index in [4.69, 9.17) is 4.74 Å². The number of hydrogen-bond donors (Lipinski definition) is 1. The lowest BCUT2D eigenvalue weighted by Crippen LogP contribution is -2.11. The number of hydrogen-bond acceptors (Lipinski definition) is 3. The topological polar surface area (TPSA) is 46.5 Å². The van der Waals surface area contributed by atoms with Crippen LogP contribution in [0.4, 0.5) is 0 Å². The van der Waals surface area contributed by atoms with Crippen LogP contribution in [0.5, 0.6) is 0 Å². The van der Waals surface area contributed by atoms with Crippen molar-refractivity contribution in [3.05, 3.63) is 0 Å². The predicted octanol–water partition coefficient (Wildman–Crippen LogP) is 1.88. The first-order valence-corrected chi connectivity index (χ1v) is 5.04. The molecule has 0 aromatic rings. The van der Waals surface area contributed by atoms with E-state index in [1.54, 1.807) is 6.92 Å². The predicted molar refractivity (Wildman–Crippen MR) is 51.4 cm³/mol. The van der Waals surface area contributed by atoms with Gasteiger partial charge in [0.1, 0.15) is 0 Å². The van der Waals surface area contributed by atoms with Gasteiger partial charge in [0.15, 0.2) is 0 Å². The number of rotatable bonds is 7. The Bertz CT molecular complexity index is 134. The van der Waals surface area contributed by atoms with Gasteiger partial charge in [-0.05, 0) is 19.8 Å². The smallest absolute Gasteiger partial charge is 0.305 e. The number of carbonyl (C=O) groups is 1. The molecule has 0 bridgehead atoms. The van der Waals surface area contributed by atoms with E-state index in [0.29, 0.717) is 19.4 Å². The summed E-state index contributed by atoms with van der Waals surface area (Å²) in [6.45, 7) is 4.29. The van der Waals surface area contributed by atoms with Gasteiger partial charge >= 0.3 is 5.97 Å². The van der Waals surface area contributed by atoms with Gasteiger partial charge in [-0.15, -0.1) is 0 Å². The van der Waals surface area contributed by atoms with E-state index in [1.807, 2.05) is 0 Å². The number of unbranched alkanes of at least 4 members (excludes halogenated alkanes) is 1. The Morgan fingerprint density at radius 1 is 1.38 bits per heavy atom. The van der Waals surface area contributed by atoms with E-state index in [0.717, 1.165) is 19.3 Å². The highest BCUT2D eigenvalue weighted by Gasteiger charge is 2.07. The quantitative estimate of drug-likeness (QED) is 0.620. The van der Waals surface area contributed by atoms with Crippen molar-refractivity contribution in [1.82, 2.24) is 0 Å². The third-order valence-electron chi connectivity index (χ3n) is 1.88. The molecule has 0 radical (unpaired) electrons. The Morgan fingerprint density at radius 3 is 2.62 bits per heavy atom. The van der Waals surface area contributed by atoms with Crippen LogP contribution in [0.2, 0.25) is 0 Å². The van der Waals surface area contributed by atoms with E-state index in [1.165, 1.54) is 0 Å². The molecular weight excluding hydrogens is 168 g/mol. The van der Waals surface area contributed by atoms with Crippen LogP contribution in [0.3, 0.4) is 0 Å². The Morgan fingerprint density at radius 2 is 2.08 bits per heavy atom. The van der Waals surface area contributed by atoms with E-state index in [9.17, 15) is 9.90 Å². The van der Waals surface area contributed by atoms with Crippen LogP contribution in [0, 0.1) is 0 Å². The van der Waals surface area contributed by atoms with E-state index in [2.05, 4.69) is 6.92 Å². The van der Waals surface area contributed by atoms with Crippen molar-refractivity contribution >= 4 is 5.97 Å². The number of aliphatic hydroxyl groups is 1. The molecule has 3 nitrogen and oxygen atoms in total. The van der Waals surface area contributed by atoms with E-state index >= 15 is 0 Å². The van der Waals surface area contributed by atoms with Crippen LogP contribution in [0.25, 0.3) is 0 Å². The fourth-order valence-electron chi connectivity index (χ4n) is 1.10. The molecule has 0 saturated heterocycles. The summed E-state index contributed by atoms with van der Waals surface area (Å²) in [7, 11) is 0. The largest absolute Gasteiger partial charge is 0.466 e. The number of aliphatic hydroxyl groups excluding tert-OH is 1. The molecule has 1 N–H and O–H groups in total. The van der Waals surface area contributed by atoms with Crippen LogP contribution < -0.4 is 0 Å². The highest BCUT2D eigenvalue weighted by molar-refractivity contribution is 5.69. The van der Waals surface area contributed by atoms with Crippen LogP contribution in [-0.2, 0) is 9.53 Å². The minimum absolute atomic E-state index is 0.210. The van der Waals surface area contributed by atoms with Crippen LogP contribution in [0.1, 0.15) is 46.0 Å². The summed E-state index contributed by atoms with van der Waals surface area (Å²) in [4.78, 5) is 10.9. The molecule has 0 saturated carbocycles. The summed E-state index contributed by atoms with van der Waals surface area (Å²) in [5, 5.41) is 9.39. The van der Waals surface area contributed by atoms with Crippen molar-refractivity contribution in [2.45, 2.75) is 52.1 Å². The lowest BCUT2D eigenvalue weighted by molar-refractivity contribution is -0.143. The SMILES string of the molecule is CCCC[C@H](O)CCC(=O)OCC. The first kappa shape index (κ1) is 12.4.